The van der Waals surface area contributed by atoms with E-state index in [2.05, 4.69) is 0 Å². The van der Waals surface area contributed by atoms with Crippen LogP contribution in [0.3, 0.4) is 0 Å². The summed E-state index contributed by atoms with van der Waals surface area (Å²) in [7, 11) is 2.61. The average molecular weight is 350 g/mol. The second kappa shape index (κ2) is 7.16. The summed E-state index contributed by atoms with van der Waals surface area (Å²) >= 11 is 0. The van der Waals surface area contributed by atoms with Gasteiger partial charge in [0, 0.05) is 12.3 Å². The minimum atomic E-state index is -1.39. The summed E-state index contributed by atoms with van der Waals surface area (Å²) in [5.74, 6) is -1.52. The molecule has 0 fully saturated rings. The van der Waals surface area contributed by atoms with Gasteiger partial charge < -0.3 is 9.47 Å². The van der Waals surface area contributed by atoms with E-state index in [4.69, 9.17) is 9.47 Å². The van der Waals surface area contributed by atoms with E-state index in [1.54, 1.807) is 0 Å². The Labute approximate surface area is 153 Å². The zero-order valence-electron chi connectivity index (χ0n) is 15.2. The highest BCUT2D eigenvalue weighted by Crippen LogP contribution is 2.48. The molecule has 134 valence electrons. The summed E-state index contributed by atoms with van der Waals surface area (Å²) in [6, 6.07) is 17.7. The zero-order valence-corrected chi connectivity index (χ0v) is 15.2. The Morgan fingerprint density at radius 1 is 0.962 bits per heavy atom. The minimum Gasteiger partial charge on any atom is -0.468 e. The quantitative estimate of drug-likeness (QED) is 0.625. The van der Waals surface area contributed by atoms with Crippen LogP contribution in [-0.4, -0.2) is 26.2 Å². The Kier molecular flexibility index (Phi) is 4.94. The van der Waals surface area contributed by atoms with Crippen LogP contribution in [0, 0.1) is 11.3 Å². The molecule has 0 bridgehead atoms. The van der Waals surface area contributed by atoms with E-state index in [-0.39, 0.29) is 6.42 Å². The van der Waals surface area contributed by atoms with Crippen molar-refractivity contribution in [3.63, 3.8) is 0 Å². The number of hydrogen-bond acceptors (Lipinski definition) is 4. The monoisotopic (exact) mass is 350 g/mol. The van der Waals surface area contributed by atoms with Crippen LogP contribution in [0.15, 0.2) is 54.6 Å². The van der Waals surface area contributed by atoms with Crippen LogP contribution in [0.4, 0.5) is 0 Å². The maximum Gasteiger partial charge on any atom is 0.324 e. The highest BCUT2D eigenvalue weighted by molar-refractivity contribution is 6.05. The third-order valence-corrected chi connectivity index (χ3v) is 5.22. The van der Waals surface area contributed by atoms with Crippen molar-refractivity contribution in [1.82, 2.24) is 0 Å². The van der Waals surface area contributed by atoms with Crippen molar-refractivity contribution in [1.29, 1.82) is 0 Å². The predicted octanol–water partition coefficient (Wildman–Crippen LogP) is 3.75. The molecule has 26 heavy (non-hydrogen) atoms. The van der Waals surface area contributed by atoms with Crippen LogP contribution in [-0.2, 0) is 25.5 Å². The summed E-state index contributed by atoms with van der Waals surface area (Å²) in [5, 5.41) is 0. The van der Waals surface area contributed by atoms with E-state index in [1.807, 2.05) is 67.6 Å². The van der Waals surface area contributed by atoms with Gasteiger partial charge in [-0.3, -0.25) is 9.59 Å². The molecule has 2 aromatic rings. The van der Waals surface area contributed by atoms with Gasteiger partial charge in [-0.05, 0) is 22.3 Å². The Hall–Kier alpha value is -2.88. The molecule has 0 aromatic heterocycles. The first-order valence-corrected chi connectivity index (χ1v) is 8.56. The van der Waals surface area contributed by atoms with E-state index >= 15 is 0 Å². The van der Waals surface area contributed by atoms with Crippen LogP contribution in [0.25, 0.3) is 11.6 Å². The molecular formula is C22H22O4. The van der Waals surface area contributed by atoms with Crippen molar-refractivity contribution in [3.8, 4) is 0 Å². The van der Waals surface area contributed by atoms with Gasteiger partial charge in [-0.15, -0.1) is 0 Å². The standard InChI is InChI=1S/C22H22O4/c1-15-19(13-16-9-5-4-6-10-16)18-12-8-7-11-17(18)14-22(15,20(23)25-2)21(24)26-3/h4-13,15H,14H2,1-3H3/b19-13-/t15-/m1/s1. The van der Waals surface area contributed by atoms with Gasteiger partial charge in [-0.25, -0.2) is 0 Å². The molecule has 1 atom stereocenters. The molecule has 4 nitrogen and oxygen atoms in total. The normalized spacial score (nSPS) is 19.5. The first kappa shape index (κ1) is 17.9. The fraction of sp³-hybridized carbons (Fsp3) is 0.273. The van der Waals surface area contributed by atoms with Gasteiger partial charge in [0.25, 0.3) is 0 Å². The van der Waals surface area contributed by atoms with E-state index in [1.165, 1.54) is 14.2 Å². The van der Waals surface area contributed by atoms with E-state index in [0.29, 0.717) is 0 Å². The number of benzene rings is 2. The molecule has 0 heterocycles. The Morgan fingerprint density at radius 3 is 2.15 bits per heavy atom. The van der Waals surface area contributed by atoms with Crippen LogP contribution in [0.5, 0.6) is 0 Å². The number of esters is 2. The van der Waals surface area contributed by atoms with E-state index in [0.717, 1.165) is 22.3 Å². The fourth-order valence-electron chi connectivity index (χ4n) is 3.79. The number of rotatable bonds is 3. The molecular weight excluding hydrogens is 328 g/mol. The number of hydrogen-bond donors (Lipinski definition) is 0. The molecule has 0 radical (unpaired) electrons. The first-order chi connectivity index (χ1) is 12.5. The van der Waals surface area contributed by atoms with Crippen LogP contribution < -0.4 is 0 Å². The van der Waals surface area contributed by atoms with Gasteiger partial charge in [0.15, 0.2) is 5.41 Å². The first-order valence-electron chi connectivity index (χ1n) is 8.56. The van der Waals surface area contributed by atoms with Gasteiger partial charge in [0.1, 0.15) is 0 Å². The second-order valence-electron chi connectivity index (χ2n) is 6.52. The number of fused-ring (bicyclic) bond motifs is 1. The lowest BCUT2D eigenvalue weighted by molar-refractivity contribution is -0.172. The molecule has 0 aliphatic heterocycles. The summed E-state index contributed by atoms with van der Waals surface area (Å²) < 4.78 is 10.1. The Balaban J connectivity index is 2.25. The Morgan fingerprint density at radius 2 is 1.54 bits per heavy atom. The summed E-state index contributed by atoms with van der Waals surface area (Å²) in [6.07, 6.45) is 2.29. The number of ether oxygens (including phenoxy) is 2. The van der Waals surface area contributed by atoms with Gasteiger partial charge in [0.05, 0.1) is 14.2 Å². The fourth-order valence-corrected chi connectivity index (χ4v) is 3.79. The lowest BCUT2D eigenvalue weighted by Crippen LogP contribution is -2.50. The molecule has 0 unspecified atom stereocenters. The molecule has 0 saturated carbocycles. The summed E-state index contributed by atoms with van der Waals surface area (Å²) in [4.78, 5) is 25.5. The molecule has 0 saturated heterocycles. The second-order valence-corrected chi connectivity index (χ2v) is 6.52. The zero-order chi connectivity index (χ0) is 18.7. The molecule has 1 aliphatic rings. The third kappa shape index (κ3) is 2.81. The maximum absolute atomic E-state index is 12.8. The SMILES string of the molecule is COC(=O)C1(C(=O)OC)Cc2ccccc2/C(=C\c2ccccc2)[C@H]1C. The minimum absolute atomic E-state index is 0.260. The largest absolute Gasteiger partial charge is 0.468 e. The van der Waals surface area contributed by atoms with Crippen molar-refractivity contribution >= 4 is 23.6 Å². The Bertz CT molecular complexity index is 835. The number of methoxy groups -OCH3 is 2. The lowest BCUT2D eigenvalue weighted by atomic mass is 9.62. The number of carbonyl (C=O) groups is 2. The predicted molar refractivity (Wildman–Crippen MR) is 100 cm³/mol. The summed E-state index contributed by atoms with van der Waals surface area (Å²) in [5.41, 5.74) is 2.53. The van der Waals surface area contributed by atoms with Crippen LogP contribution in [0.2, 0.25) is 0 Å². The van der Waals surface area contributed by atoms with Crippen molar-refractivity contribution in [2.45, 2.75) is 13.3 Å². The lowest BCUT2D eigenvalue weighted by Gasteiger charge is -2.40. The molecule has 0 amide bonds. The molecule has 3 rings (SSSR count). The molecule has 0 N–H and O–H groups in total. The average Bonchev–Trinajstić information content (AvgIpc) is 2.69. The van der Waals surface area contributed by atoms with E-state index in [9.17, 15) is 9.59 Å². The van der Waals surface area contributed by atoms with Gasteiger partial charge in [-0.2, -0.15) is 0 Å². The van der Waals surface area contributed by atoms with Crippen molar-refractivity contribution in [2.75, 3.05) is 14.2 Å². The van der Waals surface area contributed by atoms with Crippen LogP contribution >= 0.6 is 0 Å². The van der Waals surface area contributed by atoms with Gasteiger partial charge in [-0.1, -0.05) is 67.6 Å². The van der Waals surface area contributed by atoms with Gasteiger partial charge in [0.2, 0.25) is 0 Å². The maximum atomic E-state index is 12.8. The topological polar surface area (TPSA) is 52.6 Å². The highest BCUT2D eigenvalue weighted by Gasteiger charge is 2.56. The highest BCUT2D eigenvalue weighted by atomic mass is 16.5. The van der Waals surface area contributed by atoms with Crippen molar-refractivity contribution < 1.29 is 19.1 Å². The van der Waals surface area contributed by atoms with Crippen molar-refractivity contribution in [2.24, 2.45) is 11.3 Å². The summed E-state index contributed by atoms with van der Waals surface area (Å²) in [6.45, 7) is 1.89. The van der Waals surface area contributed by atoms with E-state index < -0.39 is 23.3 Å². The number of carbonyl (C=O) groups excluding carboxylic acids is 2. The van der Waals surface area contributed by atoms with Crippen LogP contribution in [0.1, 0.15) is 23.6 Å². The third-order valence-electron chi connectivity index (χ3n) is 5.22. The van der Waals surface area contributed by atoms with Crippen molar-refractivity contribution in [3.05, 3.63) is 71.3 Å². The molecule has 2 aromatic carbocycles. The molecule has 4 heteroatoms. The number of allylic oxidation sites excluding steroid dienone is 1. The van der Waals surface area contributed by atoms with Gasteiger partial charge >= 0.3 is 11.9 Å². The smallest absolute Gasteiger partial charge is 0.324 e. The molecule has 1 aliphatic carbocycles. The molecule has 0 spiro atoms.